The second kappa shape index (κ2) is 7.58. The Balaban J connectivity index is 1.86. The molecule has 3 atom stereocenters. The molecule has 2 aliphatic carbocycles. The van der Waals surface area contributed by atoms with Crippen molar-refractivity contribution in [2.45, 2.75) is 56.7 Å². The van der Waals surface area contributed by atoms with Gasteiger partial charge in [-0.2, -0.15) is 0 Å². The quantitative estimate of drug-likeness (QED) is 0.467. The maximum atomic E-state index is 11.5. The molecule has 3 heteroatoms. The number of carbonyl (C=O) groups is 1. The van der Waals surface area contributed by atoms with Crippen molar-refractivity contribution in [3.8, 4) is 12.3 Å². The molecule has 3 fully saturated rings. The van der Waals surface area contributed by atoms with Crippen molar-refractivity contribution >= 4 is 17.5 Å². The average Bonchev–Trinajstić information content (AvgIpc) is 3.30. The van der Waals surface area contributed by atoms with Crippen molar-refractivity contribution < 1.29 is 4.79 Å². The van der Waals surface area contributed by atoms with Gasteiger partial charge in [-0.05, 0) is 61.0 Å². The van der Waals surface area contributed by atoms with Crippen molar-refractivity contribution in [2.24, 2.45) is 17.8 Å². The molecule has 2 saturated carbocycles. The first kappa shape index (κ1) is 16.7. The van der Waals surface area contributed by atoms with Gasteiger partial charge < -0.3 is 5.32 Å². The first-order chi connectivity index (χ1) is 11.2. The molecule has 3 unspecified atom stereocenters. The zero-order chi connectivity index (χ0) is 16.2. The molecular weight excluding hydrogens is 306 g/mol. The van der Waals surface area contributed by atoms with E-state index in [0.717, 1.165) is 24.7 Å². The van der Waals surface area contributed by atoms with E-state index in [-0.39, 0.29) is 11.3 Å². The van der Waals surface area contributed by atoms with Gasteiger partial charge in [-0.15, -0.1) is 23.9 Å². The predicted octanol–water partition coefficient (Wildman–Crippen LogP) is 4.21. The fraction of sp³-hybridized carbons (Fsp3) is 0.650. The Kier molecular flexibility index (Phi) is 5.49. The molecular formula is C20H26ClNO. The molecule has 1 saturated heterocycles. The second-order valence-electron chi connectivity index (χ2n) is 7.24. The lowest BCUT2D eigenvalue weighted by Crippen LogP contribution is -2.19. The summed E-state index contributed by atoms with van der Waals surface area (Å²) in [4.78, 5) is 11.5. The van der Waals surface area contributed by atoms with Crippen molar-refractivity contribution in [3.05, 3.63) is 23.3 Å². The third-order valence-corrected chi connectivity index (χ3v) is 5.86. The van der Waals surface area contributed by atoms with Crippen LogP contribution in [0.2, 0.25) is 0 Å². The predicted molar refractivity (Wildman–Crippen MR) is 95.1 cm³/mol. The molecule has 0 bridgehead atoms. The van der Waals surface area contributed by atoms with Gasteiger partial charge in [0.1, 0.15) is 0 Å². The SMILES string of the molecule is C#CC/C=C(\C=C1/CNC(=O)C1)C1CC(Cl)CCCC1C1CC1. The van der Waals surface area contributed by atoms with Crippen LogP contribution in [0.4, 0.5) is 0 Å². The molecule has 124 valence electrons. The molecule has 3 aliphatic rings. The van der Waals surface area contributed by atoms with Gasteiger partial charge >= 0.3 is 0 Å². The number of terminal acetylenes is 1. The molecule has 1 heterocycles. The minimum absolute atomic E-state index is 0.127. The summed E-state index contributed by atoms with van der Waals surface area (Å²) in [5.41, 5.74) is 2.52. The lowest BCUT2D eigenvalue weighted by atomic mass is 9.78. The number of rotatable bonds is 4. The zero-order valence-electron chi connectivity index (χ0n) is 13.7. The van der Waals surface area contributed by atoms with Crippen LogP contribution in [0.3, 0.4) is 0 Å². The minimum atomic E-state index is 0.127. The van der Waals surface area contributed by atoms with Gasteiger partial charge in [0.2, 0.25) is 5.91 Å². The van der Waals surface area contributed by atoms with Crippen LogP contribution in [-0.4, -0.2) is 17.8 Å². The van der Waals surface area contributed by atoms with E-state index in [9.17, 15) is 4.79 Å². The van der Waals surface area contributed by atoms with E-state index in [4.69, 9.17) is 18.0 Å². The summed E-state index contributed by atoms with van der Waals surface area (Å²) in [5.74, 6) is 4.98. The van der Waals surface area contributed by atoms with Crippen molar-refractivity contribution in [3.63, 3.8) is 0 Å². The molecule has 0 aromatic carbocycles. The highest BCUT2D eigenvalue weighted by atomic mass is 35.5. The van der Waals surface area contributed by atoms with Gasteiger partial charge in [0.05, 0.1) is 0 Å². The highest BCUT2D eigenvalue weighted by Gasteiger charge is 2.39. The average molecular weight is 332 g/mol. The maximum Gasteiger partial charge on any atom is 0.224 e. The van der Waals surface area contributed by atoms with E-state index in [1.54, 1.807) is 0 Å². The Labute approximate surface area is 144 Å². The summed E-state index contributed by atoms with van der Waals surface area (Å²) in [6, 6.07) is 0. The highest BCUT2D eigenvalue weighted by Crippen LogP contribution is 2.49. The Morgan fingerprint density at radius 1 is 1.35 bits per heavy atom. The van der Waals surface area contributed by atoms with Crippen LogP contribution in [0.1, 0.15) is 51.4 Å². The van der Waals surface area contributed by atoms with Gasteiger partial charge in [-0.3, -0.25) is 4.79 Å². The molecule has 1 amide bonds. The molecule has 0 radical (unpaired) electrons. The van der Waals surface area contributed by atoms with Crippen LogP contribution in [0, 0.1) is 30.1 Å². The molecule has 1 N–H and O–H groups in total. The van der Waals surface area contributed by atoms with E-state index in [0.29, 0.717) is 25.3 Å². The second-order valence-corrected chi connectivity index (χ2v) is 7.86. The molecule has 23 heavy (non-hydrogen) atoms. The van der Waals surface area contributed by atoms with E-state index >= 15 is 0 Å². The molecule has 0 aromatic heterocycles. The van der Waals surface area contributed by atoms with Crippen LogP contribution in [0.5, 0.6) is 0 Å². The number of alkyl halides is 1. The normalized spacial score (nSPS) is 34.1. The lowest BCUT2D eigenvalue weighted by Gasteiger charge is -2.27. The molecule has 0 aromatic rings. The van der Waals surface area contributed by atoms with Crippen molar-refractivity contribution in [2.75, 3.05) is 6.54 Å². The number of allylic oxidation sites excluding steroid dienone is 3. The summed E-state index contributed by atoms with van der Waals surface area (Å²) in [6.07, 6.45) is 18.5. The highest BCUT2D eigenvalue weighted by molar-refractivity contribution is 6.20. The Bertz CT molecular complexity index is 552. The summed E-state index contributed by atoms with van der Waals surface area (Å²) in [6.45, 7) is 0.678. The summed E-state index contributed by atoms with van der Waals surface area (Å²) in [7, 11) is 0. The number of halogens is 1. The number of amides is 1. The van der Waals surface area contributed by atoms with Gasteiger partial charge in [-0.25, -0.2) is 0 Å². The summed E-state index contributed by atoms with van der Waals surface area (Å²) in [5, 5.41) is 3.16. The Morgan fingerprint density at radius 3 is 2.83 bits per heavy atom. The number of hydrogen-bond acceptors (Lipinski definition) is 1. The van der Waals surface area contributed by atoms with Crippen LogP contribution in [0.15, 0.2) is 23.3 Å². The standard InChI is InChI=1S/C20H26ClNO/c1-2-3-5-16(10-14-11-20(23)22-13-14)19-12-17(21)6-4-7-18(19)15-8-9-15/h1,5,10,15,17-19H,3-4,6-9,11-13H2,(H,22,23)/b14-10-,16-5+. The van der Waals surface area contributed by atoms with Crippen molar-refractivity contribution in [1.82, 2.24) is 5.32 Å². The molecule has 3 rings (SSSR count). The number of hydrogen-bond donors (Lipinski definition) is 1. The first-order valence-electron chi connectivity index (χ1n) is 8.91. The summed E-state index contributed by atoms with van der Waals surface area (Å²) < 4.78 is 0. The Morgan fingerprint density at radius 2 is 2.17 bits per heavy atom. The largest absolute Gasteiger partial charge is 0.352 e. The van der Waals surface area contributed by atoms with E-state index in [1.807, 2.05) is 0 Å². The fourth-order valence-electron chi connectivity index (χ4n) is 4.19. The molecule has 0 spiro atoms. The van der Waals surface area contributed by atoms with E-state index < -0.39 is 0 Å². The smallest absolute Gasteiger partial charge is 0.224 e. The summed E-state index contributed by atoms with van der Waals surface area (Å²) >= 11 is 6.57. The van der Waals surface area contributed by atoms with E-state index in [2.05, 4.69) is 23.4 Å². The van der Waals surface area contributed by atoms with E-state index in [1.165, 1.54) is 36.8 Å². The van der Waals surface area contributed by atoms with Gasteiger partial charge in [-0.1, -0.05) is 18.6 Å². The van der Waals surface area contributed by atoms with Crippen LogP contribution in [0.25, 0.3) is 0 Å². The topological polar surface area (TPSA) is 29.1 Å². The minimum Gasteiger partial charge on any atom is -0.352 e. The monoisotopic (exact) mass is 331 g/mol. The van der Waals surface area contributed by atoms with Gasteiger partial charge in [0, 0.05) is 24.8 Å². The molecule has 2 nitrogen and oxygen atoms in total. The maximum absolute atomic E-state index is 11.5. The van der Waals surface area contributed by atoms with Gasteiger partial charge in [0.25, 0.3) is 0 Å². The third-order valence-electron chi connectivity index (χ3n) is 5.46. The van der Waals surface area contributed by atoms with Crippen LogP contribution >= 0.6 is 11.6 Å². The third kappa shape index (κ3) is 4.42. The zero-order valence-corrected chi connectivity index (χ0v) is 14.4. The van der Waals surface area contributed by atoms with Gasteiger partial charge in [0.15, 0.2) is 0 Å². The van der Waals surface area contributed by atoms with Crippen molar-refractivity contribution in [1.29, 1.82) is 0 Å². The number of nitrogens with one attached hydrogen (secondary N) is 1. The van der Waals surface area contributed by atoms with Crippen LogP contribution in [-0.2, 0) is 4.79 Å². The Hall–Kier alpha value is -1.20. The number of carbonyl (C=O) groups excluding carboxylic acids is 1. The first-order valence-corrected chi connectivity index (χ1v) is 9.34. The molecule has 1 aliphatic heterocycles. The van der Waals surface area contributed by atoms with Crippen LogP contribution < -0.4 is 5.32 Å². The lowest BCUT2D eigenvalue weighted by molar-refractivity contribution is -0.118. The fourth-order valence-corrected chi connectivity index (χ4v) is 4.54.